The number of halogens is 1. The van der Waals surface area contributed by atoms with Gasteiger partial charge in [-0.1, -0.05) is 60.7 Å². The van der Waals surface area contributed by atoms with Crippen molar-refractivity contribution in [3.8, 4) is 0 Å². The monoisotopic (exact) mass is 543 g/mol. The lowest BCUT2D eigenvalue weighted by Crippen LogP contribution is -2.61. The molecule has 2 aliphatic heterocycles. The lowest BCUT2D eigenvalue weighted by atomic mass is 9.72. The molecule has 10 heteroatoms. The molecule has 0 bridgehead atoms. The first-order valence-electron chi connectivity index (χ1n) is 12.7. The highest BCUT2D eigenvalue weighted by atomic mass is 35.5. The SMILES string of the molecule is CN1C(=O)[C@]2(Cc3ccccc3)CNCCC2N1C(=O)[C@@H](COCc1ccccc1)NC(=O)C(C)(C)N.Cl. The highest BCUT2D eigenvalue weighted by Crippen LogP contribution is 2.42. The Morgan fingerprint density at radius 2 is 1.74 bits per heavy atom. The van der Waals surface area contributed by atoms with Crippen LogP contribution in [-0.2, 0) is 32.1 Å². The fourth-order valence-corrected chi connectivity index (χ4v) is 5.21. The van der Waals surface area contributed by atoms with Crippen LogP contribution in [0.5, 0.6) is 0 Å². The first-order valence-corrected chi connectivity index (χ1v) is 12.7. The quantitative estimate of drug-likeness (QED) is 0.443. The van der Waals surface area contributed by atoms with Crippen molar-refractivity contribution < 1.29 is 19.1 Å². The minimum Gasteiger partial charge on any atom is -0.374 e. The van der Waals surface area contributed by atoms with Crippen molar-refractivity contribution in [2.45, 2.75) is 50.9 Å². The largest absolute Gasteiger partial charge is 0.374 e. The maximum atomic E-state index is 14.0. The number of amides is 3. The highest BCUT2D eigenvalue weighted by Gasteiger charge is 2.60. The van der Waals surface area contributed by atoms with Crippen LogP contribution in [0.3, 0.4) is 0 Å². The average Bonchev–Trinajstić information content (AvgIpc) is 3.10. The topological polar surface area (TPSA) is 117 Å². The predicted octanol–water partition coefficient (Wildman–Crippen LogP) is 1.65. The average molecular weight is 544 g/mol. The van der Waals surface area contributed by atoms with Gasteiger partial charge < -0.3 is 21.1 Å². The Hall–Kier alpha value is -2.98. The third-order valence-electron chi connectivity index (χ3n) is 7.18. The number of benzene rings is 2. The van der Waals surface area contributed by atoms with Gasteiger partial charge in [-0.15, -0.1) is 12.4 Å². The van der Waals surface area contributed by atoms with Crippen LogP contribution >= 0.6 is 12.4 Å². The molecule has 38 heavy (non-hydrogen) atoms. The molecule has 3 atom stereocenters. The summed E-state index contributed by atoms with van der Waals surface area (Å²) < 4.78 is 5.88. The van der Waals surface area contributed by atoms with Gasteiger partial charge in [0.1, 0.15) is 6.04 Å². The number of rotatable bonds is 9. The van der Waals surface area contributed by atoms with Gasteiger partial charge in [0.2, 0.25) is 5.91 Å². The van der Waals surface area contributed by atoms with Crippen molar-refractivity contribution in [1.29, 1.82) is 0 Å². The molecule has 4 rings (SSSR count). The fraction of sp³-hybridized carbons (Fsp3) is 0.464. The van der Waals surface area contributed by atoms with Crippen molar-refractivity contribution in [1.82, 2.24) is 20.7 Å². The van der Waals surface area contributed by atoms with E-state index in [1.165, 1.54) is 10.0 Å². The molecule has 2 aromatic carbocycles. The summed E-state index contributed by atoms with van der Waals surface area (Å²) >= 11 is 0. The molecular formula is C28H38ClN5O4. The number of nitrogens with two attached hydrogens (primary N) is 1. The lowest BCUT2D eigenvalue weighted by Gasteiger charge is -2.40. The van der Waals surface area contributed by atoms with E-state index in [1.54, 1.807) is 20.9 Å². The number of piperidine rings is 1. The molecule has 0 saturated carbocycles. The minimum atomic E-state index is -1.18. The molecule has 0 aliphatic carbocycles. The zero-order valence-electron chi connectivity index (χ0n) is 22.2. The molecule has 0 spiro atoms. The van der Waals surface area contributed by atoms with Gasteiger partial charge in [-0.3, -0.25) is 19.4 Å². The summed E-state index contributed by atoms with van der Waals surface area (Å²) in [7, 11) is 1.63. The minimum absolute atomic E-state index is 0. The van der Waals surface area contributed by atoms with Crippen molar-refractivity contribution in [3.05, 3.63) is 71.8 Å². The van der Waals surface area contributed by atoms with Crippen molar-refractivity contribution >= 4 is 30.1 Å². The summed E-state index contributed by atoms with van der Waals surface area (Å²) in [5.41, 5.74) is 6.02. The summed E-state index contributed by atoms with van der Waals surface area (Å²) in [4.78, 5) is 40.6. The molecule has 2 heterocycles. The van der Waals surface area contributed by atoms with Crippen molar-refractivity contribution in [2.24, 2.45) is 11.1 Å². The molecule has 3 amide bonds. The molecule has 9 nitrogen and oxygen atoms in total. The van der Waals surface area contributed by atoms with E-state index < -0.39 is 22.9 Å². The Morgan fingerprint density at radius 3 is 2.34 bits per heavy atom. The Morgan fingerprint density at radius 1 is 1.13 bits per heavy atom. The number of nitrogens with one attached hydrogen (secondary N) is 2. The maximum Gasteiger partial charge on any atom is 0.266 e. The number of fused-ring (bicyclic) bond motifs is 1. The van der Waals surface area contributed by atoms with Gasteiger partial charge in [0.15, 0.2) is 0 Å². The molecule has 1 unspecified atom stereocenters. The summed E-state index contributed by atoms with van der Waals surface area (Å²) in [6.07, 6.45) is 1.12. The van der Waals surface area contributed by atoms with E-state index >= 15 is 0 Å². The second kappa shape index (κ2) is 12.3. The molecule has 206 valence electrons. The van der Waals surface area contributed by atoms with Gasteiger partial charge in [-0.05, 0) is 44.4 Å². The number of ether oxygens (including phenoxy) is 1. The lowest BCUT2D eigenvalue weighted by molar-refractivity contribution is -0.158. The Balaban J connectivity index is 0.00000400. The second-order valence-electron chi connectivity index (χ2n) is 10.6. The number of carbonyl (C=O) groups excluding carboxylic acids is 3. The summed E-state index contributed by atoms with van der Waals surface area (Å²) in [5.74, 6) is -0.970. The van der Waals surface area contributed by atoms with Gasteiger partial charge >= 0.3 is 0 Å². The smallest absolute Gasteiger partial charge is 0.266 e. The molecule has 2 aromatic rings. The van der Waals surface area contributed by atoms with Crippen molar-refractivity contribution in [2.75, 3.05) is 26.7 Å². The van der Waals surface area contributed by atoms with Gasteiger partial charge in [-0.2, -0.15) is 0 Å². The summed E-state index contributed by atoms with van der Waals surface area (Å²) in [5, 5.41) is 9.10. The van der Waals surface area contributed by atoms with E-state index in [9.17, 15) is 14.4 Å². The van der Waals surface area contributed by atoms with Gasteiger partial charge in [0.25, 0.3) is 11.8 Å². The summed E-state index contributed by atoms with van der Waals surface area (Å²) in [6.45, 7) is 4.55. The zero-order chi connectivity index (χ0) is 26.6. The maximum absolute atomic E-state index is 14.0. The Bertz CT molecular complexity index is 1110. The van der Waals surface area contributed by atoms with Crippen LogP contribution < -0.4 is 16.4 Å². The molecule has 0 aromatic heterocycles. The van der Waals surface area contributed by atoms with E-state index in [-0.39, 0.29) is 43.5 Å². The van der Waals surface area contributed by atoms with Gasteiger partial charge in [-0.25, -0.2) is 5.01 Å². The number of carbonyl (C=O) groups is 3. The molecule has 2 aliphatic rings. The number of hydrogen-bond donors (Lipinski definition) is 3. The third kappa shape index (κ3) is 6.18. The molecular weight excluding hydrogens is 506 g/mol. The van der Waals surface area contributed by atoms with E-state index in [0.29, 0.717) is 25.9 Å². The van der Waals surface area contributed by atoms with Crippen molar-refractivity contribution in [3.63, 3.8) is 0 Å². The van der Waals surface area contributed by atoms with Crippen LogP contribution in [0.1, 0.15) is 31.4 Å². The first-order chi connectivity index (χ1) is 17.6. The van der Waals surface area contributed by atoms with Crippen LogP contribution in [0.2, 0.25) is 0 Å². The normalized spacial score (nSPS) is 21.9. The van der Waals surface area contributed by atoms with E-state index in [0.717, 1.165) is 11.1 Å². The third-order valence-corrected chi connectivity index (χ3v) is 7.18. The van der Waals surface area contributed by atoms with Crippen LogP contribution in [0.25, 0.3) is 0 Å². The molecule has 2 fully saturated rings. The number of hydrogen-bond acceptors (Lipinski definition) is 6. The number of hydrazine groups is 1. The van der Waals surface area contributed by atoms with Gasteiger partial charge in [0, 0.05) is 13.6 Å². The molecule has 0 radical (unpaired) electrons. The zero-order valence-corrected chi connectivity index (χ0v) is 23.0. The molecule has 4 N–H and O–H groups in total. The number of nitrogens with zero attached hydrogens (tertiary/aromatic N) is 2. The van der Waals surface area contributed by atoms with Crippen LogP contribution in [0.4, 0.5) is 0 Å². The van der Waals surface area contributed by atoms with Crippen LogP contribution in [0.15, 0.2) is 60.7 Å². The standard InChI is InChI=1S/C28H37N5O4.ClH/c1-27(2,29)25(35)31-22(18-37-17-21-12-8-5-9-13-21)24(34)33-23-14-15-30-19-28(23,26(36)32(33)3)16-20-10-6-4-7-11-20;/h4-13,22-23,30H,14-19,29H2,1-3H3,(H,31,35);1H/t22-,23?,28-;/m1./s1. The van der Waals surface area contributed by atoms with Crippen LogP contribution in [-0.4, -0.2) is 72.1 Å². The Labute approximate surface area is 230 Å². The van der Waals surface area contributed by atoms with E-state index in [2.05, 4.69) is 10.6 Å². The fourth-order valence-electron chi connectivity index (χ4n) is 5.21. The Kier molecular flexibility index (Phi) is 9.54. The predicted molar refractivity (Wildman–Crippen MR) is 147 cm³/mol. The highest BCUT2D eigenvalue weighted by molar-refractivity contribution is 5.95. The summed E-state index contributed by atoms with van der Waals surface area (Å²) in [6, 6.07) is 18.1. The van der Waals surface area contributed by atoms with Crippen LogP contribution in [0, 0.1) is 5.41 Å². The van der Waals surface area contributed by atoms with Gasteiger partial charge in [0.05, 0.1) is 30.2 Å². The first kappa shape index (κ1) is 29.6. The van der Waals surface area contributed by atoms with E-state index in [4.69, 9.17) is 10.5 Å². The second-order valence-corrected chi connectivity index (χ2v) is 10.6. The molecule has 2 saturated heterocycles. The van der Waals surface area contributed by atoms with E-state index in [1.807, 2.05) is 60.7 Å².